The highest BCUT2D eigenvalue weighted by molar-refractivity contribution is 6.35. The van der Waals surface area contributed by atoms with Crippen LogP contribution in [0.1, 0.15) is 11.1 Å². The van der Waals surface area contributed by atoms with E-state index < -0.39 is 0 Å². The molecule has 2 aromatic heterocycles. The fraction of sp³-hybridized carbons (Fsp3) is 0.125. The molecule has 0 amide bonds. The van der Waals surface area contributed by atoms with Gasteiger partial charge in [-0.15, -0.1) is 0 Å². The summed E-state index contributed by atoms with van der Waals surface area (Å²) in [7, 11) is 0. The van der Waals surface area contributed by atoms with Gasteiger partial charge in [0.1, 0.15) is 0 Å². The van der Waals surface area contributed by atoms with Gasteiger partial charge in [-0.05, 0) is 42.3 Å². The summed E-state index contributed by atoms with van der Waals surface area (Å²) < 4.78 is 0. The standard InChI is InChI=1S/C16H13Cl2N3/c1-10-7-14(16(18)21-8-10)20-9-11-4-5-13(17)12-3-2-6-19-15(11)12/h2-8,20H,9H2,1H3. The minimum Gasteiger partial charge on any atom is -0.378 e. The van der Waals surface area contributed by atoms with Crippen LogP contribution in [0.15, 0.2) is 42.7 Å². The molecule has 0 aliphatic carbocycles. The van der Waals surface area contributed by atoms with E-state index in [1.807, 2.05) is 37.3 Å². The summed E-state index contributed by atoms with van der Waals surface area (Å²) in [5, 5.41) is 5.43. The Morgan fingerprint density at radius 2 is 2.00 bits per heavy atom. The summed E-state index contributed by atoms with van der Waals surface area (Å²) in [6.45, 7) is 2.59. The molecule has 3 aromatic rings. The average Bonchev–Trinajstić information content (AvgIpc) is 2.50. The van der Waals surface area contributed by atoms with Crippen LogP contribution in [0.5, 0.6) is 0 Å². The maximum Gasteiger partial charge on any atom is 0.152 e. The van der Waals surface area contributed by atoms with Crippen LogP contribution >= 0.6 is 23.2 Å². The van der Waals surface area contributed by atoms with Crippen molar-refractivity contribution in [1.82, 2.24) is 9.97 Å². The number of aromatic nitrogens is 2. The smallest absolute Gasteiger partial charge is 0.152 e. The number of anilines is 1. The maximum atomic E-state index is 6.20. The molecule has 1 N–H and O–H groups in total. The second-order valence-corrected chi connectivity index (χ2v) is 5.58. The number of fused-ring (bicyclic) bond motifs is 1. The van der Waals surface area contributed by atoms with Crippen molar-refractivity contribution in [2.24, 2.45) is 0 Å². The summed E-state index contributed by atoms with van der Waals surface area (Å²) in [6.07, 6.45) is 3.51. The number of nitrogens with zero attached hydrogens (tertiary/aromatic N) is 2. The second kappa shape index (κ2) is 5.88. The van der Waals surface area contributed by atoms with E-state index in [-0.39, 0.29) is 0 Å². The topological polar surface area (TPSA) is 37.8 Å². The van der Waals surface area contributed by atoms with Gasteiger partial charge in [-0.25, -0.2) is 4.98 Å². The van der Waals surface area contributed by atoms with Gasteiger partial charge in [0, 0.05) is 29.3 Å². The van der Waals surface area contributed by atoms with Crippen LogP contribution < -0.4 is 5.32 Å². The molecule has 0 radical (unpaired) electrons. The monoisotopic (exact) mass is 317 g/mol. The summed E-state index contributed by atoms with van der Waals surface area (Å²) in [4.78, 5) is 8.55. The summed E-state index contributed by atoms with van der Waals surface area (Å²) in [5.74, 6) is 0. The zero-order valence-electron chi connectivity index (χ0n) is 11.4. The Morgan fingerprint density at radius 3 is 2.86 bits per heavy atom. The number of halogens is 2. The normalized spacial score (nSPS) is 10.8. The van der Waals surface area contributed by atoms with Crippen molar-refractivity contribution in [3.8, 4) is 0 Å². The lowest BCUT2D eigenvalue weighted by atomic mass is 10.1. The summed E-state index contributed by atoms with van der Waals surface area (Å²) in [5.41, 5.74) is 3.83. The molecule has 3 rings (SSSR count). The second-order valence-electron chi connectivity index (χ2n) is 4.81. The molecule has 0 aliphatic rings. The van der Waals surface area contributed by atoms with E-state index in [0.29, 0.717) is 16.7 Å². The number of pyridine rings is 2. The van der Waals surface area contributed by atoms with Crippen LogP contribution in [0.4, 0.5) is 5.69 Å². The first-order valence-corrected chi connectivity index (χ1v) is 7.29. The predicted octanol–water partition coefficient (Wildman–Crippen LogP) is 4.86. The van der Waals surface area contributed by atoms with E-state index >= 15 is 0 Å². The SMILES string of the molecule is Cc1cnc(Cl)c(NCc2ccc(Cl)c3cccnc23)c1. The molecule has 0 bridgehead atoms. The molecule has 2 heterocycles. The fourth-order valence-electron chi connectivity index (χ4n) is 2.21. The Hall–Kier alpha value is -1.84. The Bertz CT molecular complexity index is 803. The molecule has 5 heteroatoms. The van der Waals surface area contributed by atoms with E-state index in [0.717, 1.165) is 27.7 Å². The average molecular weight is 318 g/mol. The van der Waals surface area contributed by atoms with E-state index in [2.05, 4.69) is 15.3 Å². The van der Waals surface area contributed by atoms with Crippen LogP contribution in [0, 0.1) is 6.92 Å². The molecular formula is C16H13Cl2N3. The van der Waals surface area contributed by atoms with Gasteiger partial charge in [0.05, 0.1) is 11.2 Å². The number of aryl methyl sites for hydroxylation is 1. The van der Waals surface area contributed by atoms with Crippen molar-refractivity contribution in [1.29, 1.82) is 0 Å². The molecule has 106 valence electrons. The van der Waals surface area contributed by atoms with Crippen LogP contribution in [0.2, 0.25) is 10.2 Å². The lowest BCUT2D eigenvalue weighted by Gasteiger charge is -2.11. The van der Waals surface area contributed by atoms with E-state index in [1.165, 1.54) is 0 Å². The van der Waals surface area contributed by atoms with Crippen molar-refractivity contribution in [2.45, 2.75) is 13.5 Å². The van der Waals surface area contributed by atoms with Gasteiger partial charge in [-0.2, -0.15) is 0 Å². The molecule has 0 fully saturated rings. The van der Waals surface area contributed by atoms with Crippen molar-refractivity contribution < 1.29 is 0 Å². The molecule has 0 spiro atoms. The third kappa shape index (κ3) is 2.94. The quantitative estimate of drug-likeness (QED) is 0.701. The van der Waals surface area contributed by atoms with Crippen molar-refractivity contribution in [3.63, 3.8) is 0 Å². The number of nitrogens with one attached hydrogen (secondary N) is 1. The van der Waals surface area contributed by atoms with Gasteiger partial charge in [0.15, 0.2) is 5.15 Å². The van der Waals surface area contributed by atoms with Crippen molar-refractivity contribution in [3.05, 3.63) is 64.0 Å². The van der Waals surface area contributed by atoms with E-state index in [4.69, 9.17) is 23.2 Å². The van der Waals surface area contributed by atoms with Gasteiger partial charge < -0.3 is 5.32 Å². The first-order chi connectivity index (χ1) is 10.1. The molecule has 21 heavy (non-hydrogen) atoms. The lowest BCUT2D eigenvalue weighted by Crippen LogP contribution is -2.02. The lowest BCUT2D eigenvalue weighted by molar-refractivity contribution is 1.13. The summed E-state index contributed by atoms with van der Waals surface area (Å²) >= 11 is 12.3. The highest BCUT2D eigenvalue weighted by Gasteiger charge is 2.07. The van der Waals surface area contributed by atoms with Gasteiger partial charge >= 0.3 is 0 Å². The molecule has 0 atom stereocenters. The Kier molecular flexibility index (Phi) is 3.95. The van der Waals surface area contributed by atoms with Gasteiger partial charge in [-0.1, -0.05) is 29.3 Å². The number of rotatable bonds is 3. The number of hydrogen-bond donors (Lipinski definition) is 1. The number of benzene rings is 1. The van der Waals surface area contributed by atoms with Gasteiger partial charge in [0.25, 0.3) is 0 Å². The Balaban J connectivity index is 1.92. The largest absolute Gasteiger partial charge is 0.378 e. The Labute approximate surface area is 132 Å². The van der Waals surface area contributed by atoms with Crippen molar-refractivity contribution in [2.75, 3.05) is 5.32 Å². The number of hydrogen-bond acceptors (Lipinski definition) is 3. The van der Waals surface area contributed by atoms with Crippen LogP contribution in [0.25, 0.3) is 10.9 Å². The third-order valence-electron chi connectivity index (χ3n) is 3.25. The molecule has 0 unspecified atom stereocenters. The minimum atomic E-state index is 0.465. The molecule has 0 saturated heterocycles. The highest BCUT2D eigenvalue weighted by atomic mass is 35.5. The Morgan fingerprint density at radius 1 is 1.14 bits per heavy atom. The zero-order chi connectivity index (χ0) is 14.8. The molecule has 0 saturated carbocycles. The van der Waals surface area contributed by atoms with Crippen LogP contribution in [-0.2, 0) is 6.54 Å². The fourth-order valence-corrected chi connectivity index (χ4v) is 2.59. The first-order valence-electron chi connectivity index (χ1n) is 6.53. The molecular weight excluding hydrogens is 305 g/mol. The molecule has 0 aliphatic heterocycles. The van der Waals surface area contributed by atoms with Crippen molar-refractivity contribution >= 4 is 39.8 Å². The van der Waals surface area contributed by atoms with Crippen LogP contribution in [-0.4, -0.2) is 9.97 Å². The van der Waals surface area contributed by atoms with Gasteiger partial charge in [0.2, 0.25) is 0 Å². The van der Waals surface area contributed by atoms with Crippen LogP contribution in [0.3, 0.4) is 0 Å². The highest BCUT2D eigenvalue weighted by Crippen LogP contribution is 2.26. The first kappa shape index (κ1) is 14.1. The van der Waals surface area contributed by atoms with Gasteiger partial charge in [-0.3, -0.25) is 4.98 Å². The maximum absolute atomic E-state index is 6.20. The predicted molar refractivity (Wildman–Crippen MR) is 88.1 cm³/mol. The minimum absolute atomic E-state index is 0.465. The third-order valence-corrected chi connectivity index (χ3v) is 3.88. The van der Waals surface area contributed by atoms with E-state index in [1.54, 1.807) is 12.4 Å². The molecule has 1 aromatic carbocycles. The van der Waals surface area contributed by atoms with E-state index in [9.17, 15) is 0 Å². The summed E-state index contributed by atoms with van der Waals surface area (Å²) in [6, 6.07) is 9.68. The molecule has 3 nitrogen and oxygen atoms in total. The zero-order valence-corrected chi connectivity index (χ0v) is 12.9.